The number of alkyl halides is 3. The number of carbonyl (C=O) groups excluding carboxylic acids is 1. The third-order valence-electron chi connectivity index (χ3n) is 4.77. The molecule has 160 valence electrons. The molecule has 0 saturated carbocycles. The number of pyridine rings is 1. The van der Waals surface area contributed by atoms with Gasteiger partial charge in [0.05, 0.1) is 23.2 Å². The molecule has 1 N–H and O–H groups in total. The summed E-state index contributed by atoms with van der Waals surface area (Å²) in [6.07, 6.45) is -3.05. The van der Waals surface area contributed by atoms with E-state index in [1.54, 1.807) is 12.1 Å². The second-order valence-electron chi connectivity index (χ2n) is 6.99. The van der Waals surface area contributed by atoms with E-state index in [0.717, 1.165) is 12.1 Å². The Bertz CT molecular complexity index is 1330. The average molecular weight is 438 g/mol. The third kappa shape index (κ3) is 4.30. The molecule has 0 fully saturated rings. The molecule has 32 heavy (non-hydrogen) atoms. The van der Waals surface area contributed by atoms with Crippen molar-refractivity contribution >= 4 is 17.4 Å². The van der Waals surface area contributed by atoms with E-state index in [-0.39, 0.29) is 12.2 Å². The van der Waals surface area contributed by atoms with Crippen LogP contribution in [0.15, 0.2) is 66.9 Å². The molecule has 0 aliphatic heterocycles. The Morgan fingerprint density at radius 1 is 1.03 bits per heavy atom. The lowest BCUT2D eigenvalue weighted by atomic mass is 10.1. The molecule has 4 aromatic rings. The van der Waals surface area contributed by atoms with Crippen LogP contribution in [0, 0.1) is 17.1 Å². The van der Waals surface area contributed by atoms with Crippen molar-refractivity contribution in [1.29, 1.82) is 5.26 Å². The normalized spacial score (nSPS) is 11.3. The summed E-state index contributed by atoms with van der Waals surface area (Å²) >= 11 is 0. The second kappa shape index (κ2) is 8.15. The van der Waals surface area contributed by atoms with Gasteiger partial charge in [-0.3, -0.25) is 9.20 Å². The van der Waals surface area contributed by atoms with Crippen molar-refractivity contribution in [2.75, 3.05) is 5.32 Å². The molecule has 2 heterocycles. The number of benzene rings is 2. The quantitative estimate of drug-likeness (QED) is 0.445. The van der Waals surface area contributed by atoms with Gasteiger partial charge in [0.1, 0.15) is 17.5 Å². The zero-order chi connectivity index (χ0) is 22.9. The van der Waals surface area contributed by atoms with Crippen molar-refractivity contribution in [3.63, 3.8) is 0 Å². The minimum atomic E-state index is -4.49. The number of imidazole rings is 1. The summed E-state index contributed by atoms with van der Waals surface area (Å²) in [5.74, 6) is -0.729. The van der Waals surface area contributed by atoms with Crippen LogP contribution in [-0.2, 0) is 17.4 Å². The lowest BCUT2D eigenvalue weighted by molar-refractivity contribution is -0.137. The number of nitrogens with zero attached hydrogens (tertiary/aromatic N) is 3. The highest BCUT2D eigenvalue weighted by Gasteiger charge is 2.30. The number of hydrogen-bond donors (Lipinski definition) is 1. The predicted octanol–water partition coefficient (Wildman–Crippen LogP) is 5.21. The lowest BCUT2D eigenvalue weighted by Crippen LogP contribution is -2.15. The van der Waals surface area contributed by atoms with Gasteiger partial charge >= 0.3 is 6.18 Å². The van der Waals surface area contributed by atoms with E-state index in [9.17, 15) is 27.6 Å². The zero-order valence-corrected chi connectivity index (χ0v) is 16.3. The third-order valence-corrected chi connectivity index (χ3v) is 4.77. The molecule has 2 aromatic heterocycles. The number of nitriles is 1. The van der Waals surface area contributed by atoms with Crippen molar-refractivity contribution in [3.8, 4) is 17.3 Å². The van der Waals surface area contributed by atoms with Crippen molar-refractivity contribution in [2.45, 2.75) is 12.6 Å². The van der Waals surface area contributed by atoms with Gasteiger partial charge in [-0.05, 0) is 42.0 Å². The van der Waals surface area contributed by atoms with Crippen LogP contribution < -0.4 is 5.32 Å². The van der Waals surface area contributed by atoms with Crippen LogP contribution >= 0.6 is 0 Å². The summed E-state index contributed by atoms with van der Waals surface area (Å²) in [4.78, 5) is 17.0. The van der Waals surface area contributed by atoms with E-state index in [1.165, 1.54) is 47.0 Å². The Morgan fingerprint density at radius 2 is 1.72 bits per heavy atom. The van der Waals surface area contributed by atoms with Gasteiger partial charge in [-0.1, -0.05) is 24.3 Å². The first-order chi connectivity index (χ1) is 15.2. The molecule has 5 nitrogen and oxygen atoms in total. The number of aromatic nitrogens is 2. The van der Waals surface area contributed by atoms with Crippen molar-refractivity contribution < 1.29 is 22.4 Å². The molecular weight excluding hydrogens is 424 g/mol. The molecule has 9 heteroatoms. The van der Waals surface area contributed by atoms with Gasteiger partial charge in [-0.15, -0.1) is 0 Å². The first-order valence-corrected chi connectivity index (χ1v) is 9.39. The summed E-state index contributed by atoms with van der Waals surface area (Å²) in [7, 11) is 0. The van der Waals surface area contributed by atoms with E-state index >= 15 is 0 Å². The van der Waals surface area contributed by atoms with Crippen LogP contribution in [0.25, 0.3) is 16.9 Å². The summed E-state index contributed by atoms with van der Waals surface area (Å²) < 4.78 is 53.5. The van der Waals surface area contributed by atoms with Crippen LogP contribution in [0.1, 0.15) is 16.7 Å². The number of fused-ring (bicyclic) bond motifs is 1. The second-order valence-corrected chi connectivity index (χ2v) is 6.99. The van der Waals surface area contributed by atoms with Gasteiger partial charge < -0.3 is 5.32 Å². The zero-order valence-electron chi connectivity index (χ0n) is 16.3. The van der Waals surface area contributed by atoms with E-state index in [2.05, 4.69) is 10.3 Å². The topological polar surface area (TPSA) is 70.2 Å². The Hall–Kier alpha value is -4.19. The number of carbonyl (C=O) groups is 1. The number of halogens is 4. The highest BCUT2D eigenvalue weighted by atomic mass is 19.4. The van der Waals surface area contributed by atoms with Crippen LogP contribution in [0.4, 0.5) is 23.4 Å². The van der Waals surface area contributed by atoms with E-state index in [1.807, 2.05) is 6.07 Å². The van der Waals surface area contributed by atoms with Gasteiger partial charge in [0, 0.05) is 11.8 Å². The molecule has 0 aliphatic rings. The largest absolute Gasteiger partial charge is 0.416 e. The van der Waals surface area contributed by atoms with Crippen molar-refractivity contribution in [1.82, 2.24) is 9.38 Å². The number of anilines is 1. The smallest absolute Gasteiger partial charge is 0.309 e. The van der Waals surface area contributed by atoms with Crippen LogP contribution in [0.5, 0.6) is 0 Å². The van der Waals surface area contributed by atoms with E-state index < -0.39 is 23.5 Å². The van der Waals surface area contributed by atoms with Gasteiger partial charge in [0.25, 0.3) is 0 Å². The van der Waals surface area contributed by atoms with E-state index in [0.29, 0.717) is 28.0 Å². The fourth-order valence-electron chi connectivity index (χ4n) is 3.25. The molecule has 0 atom stereocenters. The maximum Gasteiger partial charge on any atom is 0.416 e. The van der Waals surface area contributed by atoms with Gasteiger partial charge in [0.2, 0.25) is 5.91 Å². The fourth-order valence-corrected chi connectivity index (χ4v) is 3.25. The molecule has 0 aliphatic carbocycles. The van der Waals surface area contributed by atoms with Crippen molar-refractivity contribution in [3.05, 3.63) is 89.4 Å². The van der Waals surface area contributed by atoms with Crippen LogP contribution in [0.3, 0.4) is 0 Å². The number of amides is 1. The molecule has 1 amide bonds. The molecule has 0 unspecified atom stereocenters. The molecular formula is C23H14F4N4O. The summed E-state index contributed by atoms with van der Waals surface area (Å²) in [6.45, 7) is 0. The molecule has 0 radical (unpaired) electrons. The monoisotopic (exact) mass is 438 g/mol. The van der Waals surface area contributed by atoms with Gasteiger partial charge in [-0.2, -0.15) is 18.4 Å². The maximum atomic E-state index is 13.1. The minimum Gasteiger partial charge on any atom is -0.309 e. The summed E-state index contributed by atoms with van der Waals surface area (Å²) in [5, 5.41) is 11.9. The predicted molar refractivity (Wildman–Crippen MR) is 109 cm³/mol. The van der Waals surface area contributed by atoms with Gasteiger partial charge in [0.15, 0.2) is 5.82 Å². The van der Waals surface area contributed by atoms with Gasteiger partial charge in [-0.25, -0.2) is 9.37 Å². The Balaban J connectivity index is 1.74. The average Bonchev–Trinajstić information content (AvgIpc) is 3.11. The number of hydrogen-bond acceptors (Lipinski definition) is 3. The molecule has 0 bridgehead atoms. The highest BCUT2D eigenvalue weighted by Crippen LogP contribution is 2.34. The van der Waals surface area contributed by atoms with Crippen molar-refractivity contribution in [2.24, 2.45) is 0 Å². The number of rotatable bonds is 4. The first kappa shape index (κ1) is 21.1. The first-order valence-electron chi connectivity index (χ1n) is 9.39. The Labute approximate surface area is 179 Å². The maximum absolute atomic E-state index is 13.1. The molecule has 0 spiro atoms. The fraction of sp³-hybridized carbons (Fsp3) is 0.0870. The van der Waals surface area contributed by atoms with E-state index in [4.69, 9.17) is 0 Å². The summed E-state index contributed by atoms with van der Waals surface area (Å²) in [6, 6.07) is 15.0. The molecule has 4 rings (SSSR count). The summed E-state index contributed by atoms with van der Waals surface area (Å²) in [5.41, 5.74) is 1.18. The highest BCUT2D eigenvalue weighted by molar-refractivity contribution is 5.95. The lowest BCUT2D eigenvalue weighted by Gasteiger charge is -2.10. The Kier molecular flexibility index (Phi) is 5.36. The minimum absolute atomic E-state index is 0.0515. The Morgan fingerprint density at radius 3 is 2.34 bits per heavy atom. The molecule has 2 aromatic carbocycles. The standard InChI is InChI=1S/C23H14F4N4O/c24-18-8-1-14(2-9-18)11-20(32)30-22-21(16-4-6-17(7-5-16)23(25,26)27)31-13-15(12-28)3-10-19(31)29-22/h1-10,13H,11H2,(H,30,32). The SMILES string of the molecule is N#Cc1ccc2nc(NC(=O)Cc3ccc(F)cc3)c(-c3ccc(C(F)(F)F)cc3)n2c1. The number of nitrogens with one attached hydrogen (secondary N) is 1. The van der Waals surface area contributed by atoms with Crippen LogP contribution in [0.2, 0.25) is 0 Å². The van der Waals surface area contributed by atoms with Crippen LogP contribution in [-0.4, -0.2) is 15.3 Å². The molecule has 0 saturated heterocycles.